The highest BCUT2D eigenvalue weighted by Gasteiger charge is 2.45. The molecule has 1 aromatic rings. The van der Waals surface area contributed by atoms with Crippen LogP contribution in [0.4, 0.5) is 29.3 Å². The van der Waals surface area contributed by atoms with E-state index in [9.17, 15) is 37.4 Å². The van der Waals surface area contributed by atoms with Crippen LogP contribution in [0.3, 0.4) is 0 Å². The Morgan fingerprint density at radius 3 is 2.62 bits per heavy atom. The van der Waals surface area contributed by atoms with Crippen molar-refractivity contribution in [2.45, 2.75) is 18.0 Å². The van der Waals surface area contributed by atoms with Crippen molar-refractivity contribution in [2.24, 2.45) is 0 Å². The number of rotatable bonds is 4. The molecule has 1 aliphatic heterocycles. The summed E-state index contributed by atoms with van der Waals surface area (Å²) >= 11 is -2.09. The third-order valence-corrected chi connectivity index (χ3v) is 4.64. The second-order valence-electron chi connectivity index (χ2n) is 4.96. The van der Waals surface area contributed by atoms with Gasteiger partial charge in [0.15, 0.2) is 5.88 Å². The van der Waals surface area contributed by atoms with Gasteiger partial charge in [-0.2, -0.15) is 13.2 Å². The molecule has 0 spiro atoms. The molecule has 0 fully saturated rings. The van der Waals surface area contributed by atoms with Gasteiger partial charge in [-0.15, -0.1) is 0 Å². The second-order valence-corrected chi connectivity index (χ2v) is 6.32. The second kappa shape index (κ2) is 7.37. The molecule has 0 bridgehead atoms. The summed E-state index contributed by atoms with van der Waals surface area (Å²) in [6, 6.07) is -0.243. The predicted octanol–water partition coefficient (Wildman–Crippen LogP) is 1.77. The van der Waals surface area contributed by atoms with E-state index < -0.39 is 68.5 Å². The number of nitrogens with zero attached hydrogens (tertiary/aromatic N) is 2. The fourth-order valence-electron chi connectivity index (χ4n) is 2.21. The number of hydrogen-bond donors (Lipinski definition) is 1. The number of nitrogens with one attached hydrogen (secondary N) is 1. The largest absolute Gasteiger partial charge is 0.610 e. The molecule has 142 valence electrons. The highest BCUT2D eigenvalue weighted by molar-refractivity contribution is 7.92. The maximum atomic E-state index is 13.0. The van der Waals surface area contributed by atoms with E-state index in [1.54, 1.807) is 0 Å². The van der Waals surface area contributed by atoms with Crippen molar-refractivity contribution in [1.29, 1.82) is 0 Å². The quantitative estimate of drug-likeness (QED) is 0.359. The molecule has 13 heteroatoms. The van der Waals surface area contributed by atoms with Crippen LogP contribution < -0.4 is 10.2 Å². The van der Waals surface area contributed by atoms with Gasteiger partial charge >= 0.3 is 23.9 Å². The highest BCUT2D eigenvalue weighted by Crippen LogP contribution is 2.44. The van der Waals surface area contributed by atoms with Gasteiger partial charge in [-0.3, -0.25) is 14.9 Å². The normalized spacial score (nSPS) is 16.2. The monoisotopic (exact) mass is 395 g/mol. The van der Waals surface area contributed by atoms with Crippen LogP contribution in [0.5, 0.6) is 0 Å². The Hall–Kier alpha value is -2.54. The van der Waals surface area contributed by atoms with Crippen molar-refractivity contribution in [3.63, 3.8) is 0 Å². The van der Waals surface area contributed by atoms with Gasteiger partial charge in [0.2, 0.25) is 0 Å². The van der Waals surface area contributed by atoms with Gasteiger partial charge in [0.25, 0.3) is 4.90 Å². The van der Waals surface area contributed by atoms with Crippen molar-refractivity contribution < 1.29 is 37.0 Å². The molecule has 1 N–H and O–H groups in total. The Bertz CT molecular complexity index is 757. The molecule has 1 aromatic carbocycles. The number of amides is 2. The van der Waals surface area contributed by atoms with Crippen LogP contribution in [-0.4, -0.2) is 40.5 Å². The number of carbonyl (C=O) groups is 2. The molecule has 26 heavy (non-hydrogen) atoms. The molecule has 0 saturated heterocycles. The fourth-order valence-corrected chi connectivity index (χ4v) is 3.60. The first-order valence-corrected chi connectivity index (χ1v) is 8.37. The first kappa shape index (κ1) is 19.8. The predicted molar refractivity (Wildman–Crippen MR) is 81.9 cm³/mol. The summed E-state index contributed by atoms with van der Waals surface area (Å²) in [4.78, 5) is 33.5. The Balaban J connectivity index is 2.39. The number of nitro benzene ring substituents is 1. The molecule has 2 rings (SSSR count). The zero-order valence-corrected chi connectivity index (χ0v) is 14.0. The van der Waals surface area contributed by atoms with Crippen molar-refractivity contribution in [3.8, 4) is 0 Å². The molecule has 1 unspecified atom stereocenters. The van der Waals surface area contributed by atoms with E-state index in [-0.39, 0.29) is 12.7 Å². The molecule has 1 heterocycles. The van der Waals surface area contributed by atoms with Crippen LogP contribution >= 0.6 is 0 Å². The molecular formula is C13H12F3N3O6S. The smallest absolute Gasteiger partial charge is 0.416 e. The van der Waals surface area contributed by atoms with Gasteiger partial charge in [-0.1, -0.05) is 0 Å². The van der Waals surface area contributed by atoms with E-state index in [1.165, 1.54) is 6.92 Å². The average molecular weight is 395 g/mol. The van der Waals surface area contributed by atoms with Crippen LogP contribution in [0.2, 0.25) is 0 Å². The summed E-state index contributed by atoms with van der Waals surface area (Å²) < 4.78 is 55.7. The number of esters is 1. The Morgan fingerprint density at radius 1 is 1.42 bits per heavy atom. The number of urea groups is 1. The molecule has 1 atom stereocenters. The van der Waals surface area contributed by atoms with Crippen molar-refractivity contribution in [2.75, 3.05) is 23.9 Å². The number of hydrogen-bond acceptors (Lipinski definition) is 6. The Labute approximate surface area is 147 Å². The highest BCUT2D eigenvalue weighted by atomic mass is 32.2. The number of alkyl halides is 3. The van der Waals surface area contributed by atoms with E-state index in [1.807, 2.05) is 0 Å². The molecule has 0 aliphatic carbocycles. The number of carbonyl (C=O) groups excluding carboxylic acids is 2. The number of halogens is 3. The minimum absolute atomic E-state index is 0.0619. The maximum absolute atomic E-state index is 13.0. The Morgan fingerprint density at radius 2 is 2.08 bits per heavy atom. The summed E-state index contributed by atoms with van der Waals surface area (Å²) in [6.45, 7) is 1.04. The van der Waals surface area contributed by atoms with E-state index in [0.717, 1.165) is 0 Å². The minimum atomic E-state index is -4.91. The molecular weight excluding hydrogens is 383 g/mol. The number of ether oxygens (including phenoxy) is 1. The number of nitro groups is 1. The van der Waals surface area contributed by atoms with Gasteiger partial charge in [-0.05, 0) is 13.0 Å². The van der Waals surface area contributed by atoms with E-state index in [4.69, 9.17) is 0 Å². The summed E-state index contributed by atoms with van der Waals surface area (Å²) in [7, 11) is 0. The average Bonchev–Trinajstić information content (AvgIpc) is 2.88. The zero-order chi connectivity index (χ0) is 19.6. The molecule has 1 aliphatic rings. The molecule has 9 nitrogen and oxygen atoms in total. The van der Waals surface area contributed by atoms with Gasteiger partial charge in [0.1, 0.15) is 12.2 Å². The summed E-state index contributed by atoms with van der Waals surface area (Å²) in [6.07, 6.45) is -4.91. The lowest BCUT2D eigenvalue weighted by molar-refractivity contribution is -0.388. The van der Waals surface area contributed by atoms with Crippen molar-refractivity contribution in [1.82, 2.24) is 5.32 Å². The maximum Gasteiger partial charge on any atom is 0.416 e. The van der Waals surface area contributed by atoms with Crippen LogP contribution in [-0.2, 0) is 26.9 Å². The van der Waals surface area contributed by atoms with E-state index >= 15 is 0 Å². The summed E-state index contributed by atoms with van der Waals surface area (Å²) in [5, 5.41) is 13.2. The fraction of sp³-hybridized carbons (Fsp3) is 0.385. The number of anilines is 1. The first-order chi connectivity index (χ1) is 12.1. The topological polar surface area (TPSA) is 125 Å². The van der Waals surface area contributed by atoms with Gasteiger partial charge < -0.3 is 14.6 Å². The third kappa shape index (κ3) is 3.99. The summed E-state index contributed by atoms with van der Waals surface area (Å²) in [5.74, 6) is -1.36. The van der Waals surface area contributed by atoms with Crippen LogP contribution in [0.1, 0.15) is 12.5 Å². The molecule has 0 radical (unpaired) electrons. The third-order valence-electron chi connectivity index (χ3n) is 3.27. The summed E-state index contributed by atoms with van der Waals surface area (Å²) in [5.41, 5.74) is -2.84. The molecule has 2 amide bonds. The van der Waals surface area contributed by atoms with Crippen LogP contribution in [0, 0.1) is 10.1 Å². The first-order valence-electron chi connectivity index (χ1n) is 7.05. The van der Waals surface area contributed by atoms with Crippen molar-refractivity contribution in [3.05, 3.63) is 27.8 Å². The van der Waals surface area contributed by atoms with Gasteiger partial charge in [0.05, 0.1) is 17.1 Å². The number of fused-ring (bicyclic) bond motifs is 1. The lowest BCUT2D eigenvalue weighted by atomic mass is 10.1. The molecule has 0 aromatic heterocycles. The van der Waals surface area contributed by atoms with E-state index in [2.05, 4.69) is 10.1 Å². The van der Waals surface area contributed by atoms with Crippen molar-refractivity contribution >= 4 is 34.6 Å². The lowest BCUT2D eigenvalue weighted by Gasteiger charge is -2.15. The van der Waals surface area contributed by atoms with E-state index in [0.29, 0.717) is 11.0 Å². The number of benzene rings is 1. The molecule has 0 saturated carbocycles. The SMILES string of the molecule is CCOC(=O)CNC(=O)N1C[S+]([O-])c2c1cc(C(F)(F)F)cc2[N+](=O)[O-]. The van der Waals surface area contributed by atoms with Crippen LogP contribution in [0.25, 0.3) is 0 Å². The van der Waals surface area contributed by atoms with Gasteiger partial charge in [-0.25, -0.2) is 9.69 Å². The minimum Gasteiger partial charge on any atom is -0.610 e. The standard InChI is InChI=1S/C13H12F3N3O6S/c1-2-25-10(20)5-17-12(21)18-6-26(24)11-8(18)3-7(13(14,15)16)4-9(11)19(22)23/h3-4H,2,5-6H2,1H3,(H,17,21). The van der Waals surface area contributed by atoms with Crippen LogP contribution in [0.15, 0.2) is 17.0 Å². The Kier molecular flexibility index (Phi) is 5.61. The van der Waals surface area contributed by atoms with Gasteiger partial charge in [0, 0.05) is 17.2 Å². The lowest BCUT2D eigenvalue weighted by Crippen LogP contribution is -2.42. The zero-order valence-electron chi connectivity index (χ0n) is 13.2.